The molecule has 0 spiro atoms. The molecule has 98 valence electrons. The molecule has 0 amide bonds. The summed E-state index contributed by atoms with van der Waals surface area (Å²) < 4.78 is 5.55. The summed E-state index contributed by atoms with van der Waals surface area (Å²) in [5.41, 5.74) is 5.78. The lowest BCUT2D eigenvalue weighted by Gasteiger charge is -2.38. The van der Waals surface area contributed by atoms with Crippen LogP contribution in [0.25, 0.3) is 0 Å². The van der Waals surface area contributed by atoms with E-state index in [1.807, 2.05) is 0 Å². The van der Waals surface area contributed by atoms with Gasteiger partial charge in [-0.15, -0.1) is 0 Å². The molecular formula is C16H17NO2. The molecule has 19 heavy (non-hydrogen) atoms. The molecule has 3 nitrogen and oxygen atoms in total. The molecule has 0 saturated heterocycles. The van der Waals surface area contributed by atoms with Crippen molar-refractivity contribution in [2.24, 2.45) is 0 Å². The van der Waals surface area contributed by atoms with Crippen LogP contribution in [0.1, 0.15) is 29.5 Å². The number of carbonyl (C=O) groups is 1. The van der Waals surface area contributed by atoms with E-state index in [-0.39, 0.29) is 5.97 Å². The summed E-state index contributed by atoms with van der Waals surface area (Å²) >= 11 is 0. The summed E-state index contributed by atoms with van der Waals surface area (Å²) in [5, 5.41) is 0. The first kappa shape index (κ1) is 11.1. The van der Waals surface area contributed by atoms with Gasteiger partial charge < -0.3 is 9.64 Å². The van der Waals surface area contributed by atoms with E-state index >= 15 is 0 Å². The topological polar surface area (TPSA) is 29.5 Å². The zero-order valence-electron chi connectivity index (χ0n) is 11.0. The van der Waals surface area contributed by atoms with Crippen LogP contribution >= 0.6 is 0 Å². The molecule has 1 aromatic rings. The van der Waals surface area contributed by atoms with Crippen LogP contribution in [0.15, 0.2) is 18.2 Å². The summed E-state index contributed by atoms with van der Waals surface area (Å²) in [6.45, 7) is 6.08. The van der Waals surface area contributed by atoms with Gasteiger partial charge in [-0.1, -0.05) is 6.58 Å². The van der Waals surface area contributed by atoms with Gasteiger partial charge in [0.25, 0.3) is 0 Å². The van der Waals surface area contributed by atoms with Gasteiger partial charge in [0.15, 0.2) is 0 Å². The second kappa shape index (κ2) is 3.86. The smallest absolute Gasteiger partial charge is 0.339 e. The minimum atomic E-state index is -0.253. The lowest BCUT2D eigenvalue weighted by atomic mass is 9.87. The van der Waals surface area contributed by atoms with E-state index in [0.29, 0.717) is 12.0 Å². The second-order valence-corrected chi connectivity index (χ2v) is 5.72. The highest BCUT2D eigenvalue weighted by atomic mass is 16.5. The molecule has 0 radical (unpaired) electrons. The molecular weight excluding hydrogens is 238 g/mol. The normalized spacial score (nSPS) is 20.7. The lowest BCUT2D eigenvalue weighted by Crippen LogP contribution is -2.35. The molecule has 0 N–H and O–H groups in total. The number of rotatable bonds is 0. The maximum atomic E-state index is 11.8. The Morgan fingerprint density at radius 3 is 2.79 bits per heavy atom. The highest BCUT2D eigenvalue weighted by molar-refractivity contribution is 5.93. The molecule has 0 bridgehead atoms. The highest BCUT2D eigenvalue weighted by Crippen LogP contribution is 2.44. The van der Waals surface area contributed by atoms with Crippen molar-refractivity contribution in [2.75, 3.05) is 18.0 Å². The average Bonchev–Trinajstić information content (AvgIpc) is 2.42. The number of benzene rings is 1. The van der Waals surface area contributed by atoms with Crippen LogP contribution in [0.5, 0.6) is 5.75 Å². The largest absolute Gasteiger partial charge is 0.422 e. The molecule has 0 aromatic heterocycles. The fourth-order valence-corrected chi connectivity index (χ4v) is 3.62. The maximum absolute atomic E-state index is 11.8. The summed E-state index contributed by atoms with van der Waals surface area (Å²) in [4.78, 5) is 14.2. The Bertz CT molecular complexity index is 601. The predicted molar refractivity (Wildman–Crippen MR) is 73.8 cm³/mol. The molecule has 0 unspecified atom stereocenters. The van der Waals surface area contributed by atoms with Crippen molar-refractivity contribution in [3.05, 3.63) is 34.9 Å². The SMILES string of the molecule is C=C1Cc2cc3c4c(c2OC1=O)CCCN4CCC3. The van der Waals surface area contributed by atoms with Crippen molar-refractivity contribution in [1.82, 2.24) is 0 Å². The van der Waals surface area contributed by atoms with E-state index in [0.717, 1.165) is 43.7 Å². The van der Waals surface area contributed by atoms with Crippen LogP contribution in [0.2, 0.25) is 0 Å². The standard InChI is InChI=1S/C16H17NO2/c1-10-8-12-9-11-4-2-6-17-7-3-5-13(14(11)17)15(12)19-16(10)18/h9H,1-8H2. The Morgan fingerprint density at radius 1 is 1.16 bits per heavy atom. The Balaban J connectivity index is 1.94. The van der Waals surface area contributed by atoms with Crippen LogP contribution in [-0.4, -0.2) is 19.1 Å². The summed E-state index contributed by atoms with van der Waals surface area (Å²) in [5.74, 6) is 0.583. The van der Waals surface area contributed by atoms with Crippen LogP contribution in [0, 0.1) is 0 Å². The van der Waals surface area contributed by atoms with Crippen LogP contribution in [-0.2, 0) is 24.1 Å². The van der Waals surface area contributed by atoms with Gasteiger partial charge in [-0.25, -0.2) is 4.79 Å². The minimum Gasteiger partial charge on any atom is -0.422 e. The van der Waals surface area contributed by atoms with E-state index in [2.05, 4.69) is 17.5 Å². The molecule has 1 aromatic carbocycles. The van der Waals surface area contributed by atoms with E-state index < -0.39 is 0 Å². The van der Waals surface area contributed by atoms with Crippen LogP contribution < -0.4 is 9.64 Å². The van der Waals surface area contributed by atoms with Crippen molar-refractivity contribution in [3.63, 3.8) is 0 Å². The number of ether oxygens (including phenoxy) is 1. The molecule has 4 rings (SSSR count). The zero-order chi connectivity index (χ0) is 13.0. The number of anilines is 1. The monoisotopic (exact) mass is 255 g/mol. The quantitative estimate of drug-likeness (QED) is 0.405. The Morgan fingerprint density at radius 2 is 1.95 bits per heavy atom. The molecule has 3 aliphatic rings. The average molecular weight is 255 g/mol. The van der Waals surface area contributed by atoms with E-state index in [9.17, 15) is 4.79 Å². The van der Waals surface area contributed by atoms with E-state index in [4.69, 9.17) is 4.74 Å². The van der Waals surface area contributed by atoms with Gasteiger partial charge in [0, 0.05) is 41.9 Å². The van der Waals surface area contributed by atoms with E-state index in [1.54, 1.807) is 0 Å². The number of carbonyl (C=O) groups excluding carboxylic acids is 1. The van der Waals surface area contributed by atoms with Crippen LogP contribution in [0.4, 0.5) is 5.69 Å². The Hall–Kier alpha value is -1.77. The Kier molecular flexibility index (Phi) is 2.25. The maximum Gasteiger partial charge on any atom is 0.339 e. The third-order valence-electron chi connectivity index (χ3n) is 4.44. The molecule has 3 aliphatic heterocycles. The van der Waals surface area contributed by atoms with Gasteiger partial charge in [0.2, 0.25) is 0 Å². The van der Waals surface area contributed by atoms with Crippen molar-refractivity contribution in [1.29, 1.82) is 0 Å². The van der Waals surface area contributed by atoms with E-state index in [1.165, 1.54) is 23.2 Å². The molecule has 0 fully saturated rings. The summed E-state index contributed by atoms with van der Waals surface area (Å²) in [6.07, 6.45) is 5.20. The third-order valence-corrected chi connectivity index (χ3v) is 4.44. The van der Waals surface area contributed by atoms with Gasteiger partial charge in [0.1, 0.15) is 5.75 Å². The first-order chi connectivity index (χ1) is 9.24. The predicted octanol–water partition coefficient (Wildman–Crippen LogP) is 2.40. The van der Waals surface area contributed by atoms with Gasteiger partial charge in [-0.2, -0.15) is 0 Å². The highest BCUT2D eigenvalue weighted by Gasteiger charge is 2.32. The van der Waals surface area contributed by atoms with Crippen molar-refractivity contribution < 1.29 is 9.53 Å². The van der Waals surface area contributed by atoms with Crippen molar-refractivity contribution in [2.45, 2.75) is 32.1 Å². The van der Waals surface area contributed by atoms with Crippen molar-refractivity contribution in [3.8, 4) is 5.75 Å². The molecule has 3 heterocycles. The number of nitrogens with zero attached hydrogens (tertiary/aromatic N) is 1. The fraction of sp³-hybridized carbons (Fsp3) is 0.438. The second-order valence-electron chi connectivity index (χ2n) is 5.72. The number of hydrogen-bond acceptors (Lipinski definition) is 3. The first-order valence-electron chi connectivity index (χ1n) is 7.06. The molecule has 0 saturated carbocycles. The number of hydrogen-bond donors (Lipinski definition) is 0. The fourth-order valence-electron chi connectivity index (χ4n) is 3.62. The summed E-state index contributed by atoms with van der Waals surface area (Å²) in [7, 11) is 0. The Labute approximate surface area is 112 Å². The molecule has 0 aliphatic carbocycles. The van der Waals surface area contributed by atoms with Crippen molar-refractivity contribution >= 4 is 11.7 Å². The molecule has 0 atom stereocenters. The lowest BCUT2D eigenvalue weighted by molar-refractivity contribution is -0.130. The van der Waals surface area contributed by atoms with Gasteiger partial charge >= 0.3 is 5.97 Å². The molecule has 3 heteroatoms. The number of fused-ring (bicyclic) bond motifs is 2. The summed E-state index contributed by atoms with van der Waals surface area (Å²) in [6, 6.07) is 2.24. The first-order valence-corrected chi connectivity index (χ1v) is 7.06. The van der Waals surface area contributed by atoms with Crippen LogP contribution in [0.3, 0.4) is 0 Å². The zero-order valence-corrected chi connectivity index (χ0v) is 11.0. The van der Waals surface area contributed by atoms with Gasteiger partial charge in [-0.3, -0.25) is 0 Å². The van der Waals surface area contributed by atoms with Gasteiger partial charge in [0.05, 0.1) is 0 Å². The number of esters is 1. The third kappa shape index (κ3) is 1.54. The van der Waals surface area contributed by atoms with Gasteiger partial charge in [-0.05, 0) is 37.3 Å². The minimum absolute atomic E-state index is 0.253. The number of aryl methyl sites for hydroxylation is 1.